The molecule has 3 aromatic rings. The van der Waals surface area contributed by atoms with Crippen molar-refractivity contribution < 1.29 is 9.50 Å². The van der Waals surface area contributed by atoms with E-state index in [2.05, 4.69) is 21.4 Å². The second kappa shape index (κ2) is 8.47. The third-order valence-corrected chi connectivity index (χ3v) is 4.32. The van der Waals surface area contributed by atoms with Gasteiger partial charge >= 0.3 is 6.01 Å². The predicted molar refractivity (Wildman–Crippen MR) is 102 cm³/mol. The largest absolute Gasteiger partial charge is 0.479 e. The molecule has 0 radical (unpaired) electrons. The molecular weight excluding hydrogens is 367 g/mol. The summed E-state index contributed by atoms with van der Waals surface area (Å²) < 4.78 is 13.8. The SMILES string of the molecule is N#CCc1cccc(-c2cc(NCCc3c(F)cccc3Cl)nc(O)n2)c1. The smallest absolute Gasteiger partial charge is 0.316 e. The van der Waals surface area contributed by atoms with E-state index in [1.54, 1.807) is 18.2 Å². The molecule has 0 saturated carbocycles. The van der Waals surface area contributed by atoms with Crippen LogP contribution in [0.4, 0.5) is 10.2 Å². The van der Waals surface area contributed by atoms with Crippen LogP contribution in [0.2, 0.25) is 5.02 Å². The topological polar surface area (TPSA) is 81.8 Å². The van der Waals surface area contributed by atoms with Crippen molar-refractivity contribution >= 4 is 17.4 Å². The standard InChI is InChI=1S/C20H16ClFN4O/c21-16-5-2-6-17(22)15(16)8-10-24-19-12-18(25-20(27)26-19)14-4-1-3-13(11-14)7-9-23/h1-6,11-12H,7-8,10H2,(H2,24,25,26,27). The first-order valence-corrected chi connectivity index (χ1v) is 8.65. The monoisotopic (exact) mass is 382 g/mol. The Morgan fingerprint density at radius 2 is 1.96 bits per heavy atom. The number of nitriles is 1. The van der Waals surface area contributed by atoms with Crippen molar-refractivity contribution in [3.05, 3.63) is 70.5 Å². The second-order valence-electron chi connectivity index (χ2n) is 5.85. The van der Waals surface area contributed by atoms with Crippen LogP contribution in [0.15, 0.2) is 48.5 Å². The van der Waals surface area contributed by atoms with E-state index < -0.39 is 0 Å². The van der Waals surface area contributed by atoms with E-state index in [4.69, 9.17) is 16.9 Å². The predicted octanol–water partition coefficient (Wildman–Crippen LogP) is 4.36. The lowest BCUT2D eigenvalue weighted by atomic mass is 10.1. The van der Waals surface area contributed by atoms with E-state index in [1.807, 2.05) is 24.3 Å². The number of aromatic nitrogens is 2. The highest BCUT2D eigenvalue weighted by Gasteiger charge is 2.09. The van der Waals surface area contributed by atoms with Gasteiger partial charge in [0.2, 0.25) is 0 Å². The number of benzene rings is 2. The van der Waals surface area contributed by atoms with Crippen LogP contribution in [0, 0.1) is 17.1 Å². The Balaban J connectivity index is 1.76. The van der Waals surface area contributed by atoms with Crippen LogP contribution in [-0.4, -0.2) is 21.6 Å². The van der Waals surface area contributed by atoms with Gasteiger partial charge in [0, 0.05) is 28.8 Å². The van der Waals surface area contributed by atoms with Crippen molar-refractivity contribution in [3.63, 3.8) is 0 Å². The summed E-state index contributed by atoms with van der Waals surface area (Å²) in [7, 11) is 0. The van der Waals surface area contributed by atoms with Gasteiger partial charge < -0.3 is 10.4 Å². The molecule has 1 aromatic heterocycles. The van der Waals surface area contributed by atoms with Gasteiger partial charge in [-0.25, -0.2) is 4.39 Å². The van der Waals surface area contributed by atoms with E-state index in [1.165, 1.54) is 6.07 Å². The Hall–Kier alpha value is -3.17. The van der Waals surface area contributed by atoms with Gasteiger partial charge in [0.1, 0.15) is 11.6 Å². The zero-order chi connectivity index (χ0) is 19.2. The second-order valence-corrected chi connectivity index (χ2v) is 6.26. The summed E-state index contributed by atoms with van der Waals surface area (Å²) in [5.41, 5.74) is 2.57. The maximum Gasteiger partial charge on any atom is 0.316 e. The fourth-order valence-electron chi connectivity index (χ4n) is 2.69. The number of hydrogen-bond donors (Lipinski definition) is 2. The van der Waals surface area contributed by atoms with Crippen molar-refractivity contribution in [2.75, 3.05) is 11.9 Å². The van der Waals surface area contributed by atoms with Gasteiger partial charge in [0.25, 0.3) is 0 Å². The molecule has 0 fully saturated rings. The van der Waals surface area contributed by atoms with Crippen LogP contribution in [0.3, 0.4) is 0 Å². The highest BCUT2D eigenvalue weighted by atomic mass is 35.5. The summed E-state index contributed by atoms with van der Waals surface area (Å²) in [6.07, 6.45) is 0.655. The van der Waals surface area contributed by atoms with Gasteiger partial charge in [0.15, 0.2) is 0 Å². The Labute approximate surface area is 161 Å². The summed E-state index contributed by atoms with van der Waals surface area (Å²) in [5, 5.41) is 22.1. The summed E-state index contributed by atoms with van der Waals surface area (Å²) in [5.74, 6) is 0.0560. The normalized spacial score (nSPS) is 10.4. The summed E-state index contributed by atoms with van der Waals surface area (Å²) in [6, 6.07) is 15.3. The lowest BCUT2D eigenvalue weighted by molar-refractivity contribution is 0.432. The lowest BCUT2D eigenvalue weighted by Crippen LogP contribution is -2.08. The molecular formula is C20H16ClFN4O. The van der Waals surface area contributed by atoms with Crippen molar-refractivity contribution in [3.8, 4) is 23.3 Å². The zero-order valence-electron chi connectivity index (χ0n) is 14.3. The molecule has 1 heterocycles. The van der Waals surface area contributed by atoms with E-state index in [9.17, 15) is 9.50 Å². The Bertz CT molecular complexity index is 983. The third kappa shape index (κ3) is 4.72. The van der Waals surface area contributed by atoms with Crippen molar-refractivity contribution in [2.24, 2.45) is 0 Å². The maximum atomic E-state index is 13.8. The van der Waals surface area contributed by atoms with Gasteiger partial charge in [0.05, 0.1) is 18.2 Å². The average molecular weight is 383 g/mol. The number of nitrogens with one attached hydrogen (secondary N) is 1. The molecule has 0 saturated heterocycles. The number of aromatic hydroxyl groups is 1. The van der Waals surface area contributed by atoms with Crippen LogP contribution >= 0.6 is 11.6 Å². The lowest BCUT2D eigenvalue weighted by Gasteiger charge is -2.10. The van der Waals surface area contributed by atoms with Gasteiger partial charge in [-0.15, -0.1) is 0 Å². The third-order valence-electron chi connectivity index (χ3n) is 3.96. The zero-order valence-corrected chi connectivity index (χ0v) is 15.0. The molecule has 136 valence electrons. The van der Waals surface area contributed by atoms with Crippen molar-refractivity contribution in [2.45, 2.75) is 12.8 Å². The van der Waals surface area contributed by atoms with Crippen LogP contribution in [0.1, 0.15) is 11.1 Å². The first kappa shape index (κ1) is 18.6. The molecule has 0 atom stereocenters. The molecule has 2 N–H and O–H groups in total. The molecule has 0 aliphatic heterocycles. The molecule has 0 aliphatic rings. The van der Waals surface area contributed by atoms with Gasteiger partial charge in [-0.05, 0) is 30.2 Å². The van der Waals surface area contributed by atoms with E-state index >= 15 is 0 Å². The number of nitrogens with zero attached hydrogens (tertiary/aromatic N) is 3. The van der Waals surface area contributed by atoms with E-state index in [-0.39, 0.29) is 11.8 Å². The average Bonchev–Trinajstić information content (AvgIpc) is 2.64. The van der Waals surface area contributed by atoms with Gasteiger partial charge in [-0.2, -0.15) is 15.2 Å². The number of hydrogen-bond acceptors (Lipinski definition) is 5. The van der Waals surface area contributed by atoms with Crippen molar-refractivity contribution in [1.29, 1.82) is 5.26 Å². The Morgan fingerprint density at radius 1 is 1.15 bits per heavy atom. The fourth-order valence-corrected chi connectivity index (χ4v) is 2.95. The summed E-state index contributed by atoms with van der Waals surface area (Å²) in [6.45, 7) is 0.380. The number of halogens is 2. The molecule has 7 heteroatoms. The first-order valence-electron chi connectivity index (χ1n) is 8.28. The number of anilines is 1. The highest BCUT2D eigenvalue weighted by molar-refractivity contribution is 6.31. The first-order chi connectivity index (χ1) is 13.1. The maximum absolute atomic E-state index is 13.8. The molecule has 2 aromatic carbocycles. The Kier molecular flexibility index (Phi) is 5.84. The summed E-state index contributed by atoms with van der Waals surface area (Å²) in [4.78, 5) is 7.99. The molecule has 5 nitrogen and oxygen atoms in total. The Morgan fingerprint density at radius 3 is 2.74 bits per heavy atom. The molecule has 0 bridgehead atoms. The number of rotatable bonds is 6. The van der Waals surface area contributed by atoms with E-state index in [0.29, 0.717) is 41.5 Å². The van der Waals surface area contributed by atoms with Crippen LogP contribution in [-0.2, 0) is 12.8 Å². The summed E-state index contributed by atoms with van der Waals surface area (Å²) >= 11 is 6.03. The molecule has 3 rings (SSSR count). The molecule has 0 amide bonds. The molecule has 0 spiro atoms. The van der Waals surface area contributed by atoms with Crippen molar-refractivity contribution in [1.82, 2.24) is 9.97 Å². The van der Waals surface area contributed by atoms with Crippen LogP contribution in [0.25, 0.3) is 11.3 Å². The quantitative estimate of drug-likeness (QED) is 0.661. The van der Waals surface area contributed by atoms with Gasteiger partial charge in [-0.1, -0.05) is 35.9 Å². The minimum Gasteiger partial charge on any atom is -0.479 e. The molecule has 27 heavy (non-hydrogen) atoms. The van der Waals surface area contributed by atoms with Gasteiger partial charge in [-0.3, -0.25) is 0 Å². The minimum absolute atomic E-state index is 0.291. The molecule has 0 unspecified atom stereocenters. The van der Waals surface area contributed by atoms with Crippen LogP contribution < -0.4 is 5.32 Å². The highest BCUT2D eigenvalue weighted by Crippen LogP contribution is 2.24. The minimum atomic E-state index is -0.371. The van der Waals surface area contributed by atoms with E-state index in [0.717, 1.165) is 11.1 Å². The molecule has 0 aliphatic carbocycles. The van der Waals surface area contributed by atoms with Crippen LogP contribution in [0.5, 0.6) is 6.01 Å². The fraction of sp³-hybridized carbons (Fsp3) is 0.150.